The van der Waals surface area contributed by atoms with Gasteiger partial charge in [0, 0.05) is 32.4 Å². The van der Waals surface area contributed by atoms with Crippen LogP contribution in [0.25, 0.3) is 6.08 Å². The zero-order chi connectivity index (χ0) is 14.5. The van der Waals surface area contributed by atoms with Crippen molar-refractivity contribution in [2.45, 2.75) is 39.0 Å². The van der Waals surface area contributed by atoms with E-state index in [-0.39, 0.29) is 8.22 Å². The van der Waals surface area contributed by atoms with Crippen molar-refractivity contribution < 1.29 is 0 Å². The molecular formula is C17H26N3P. The summed E-state index contributed by atoms with van der Waals surface area (Å²) in [6.45, 7) is 7.42. The molecule has 0 atom stereocenters. The summed E-state index contributed by atoms with van der Waals surface area (Å²) in [5, 5.41) is 1.59. The molecule has 1 aromatic rings. The first-order valence-electron chi connectivity index (χ1n) is 8.30. The standard InChI is InChI=1S/C17H26N3P/c1-2-17(15-16-9-3-4-10-18-16)21(19-11-5-6-12-19)20-13-7-8-14-20/h3-4,9-10,15H,2,5-8,11-14H2,1H3. The molecule has 0 N–H and O–H groups in total. The predicted molar refractivity (Wildman–Crippen MR) is 91.0 cm³/mol. The molecule has 21 heavy (non-hydrogen) atoms. The van der Waals surface area contributed by atoms with Crippen LogP contribution >= 0.6 is 8.22 Å². The van der Waals surface area contributed by atoms with E-state index in [0.717, 1.165) is 12.1 Å². The fourth-order valence-electron chi connectivity index (χ4n) is 3.26. The maximum atomic E-state index is 4.50. The van der Waals surface area contributed by atoms with Gasteiger partial charge in [0.15, 0.2) is 0 Å². The first kappa shape index (κ1) is 15.1. The van der Waals surface area contributed by atoms with E-state index >= 15 is 0 Å². The first-order valence-corrected chi connectivity index (χ1v) is 9.54. The molecule has 0 unspecified atom stereocenters. The van der Waals surface area contributed by atoms with Crippen molar-refractivity contribution in [2.75, 3.05) is 26.2 Å². The molecule has 4 heteroatoms. The zero-order valence-electron chi connectivity index (χ0n) is 13.0. The van der Waals surface area contributed by atoms with Crippen LogP contribution in [0.15, 0.2) is 29.7 Å². The third-order valence-electron chi connectivity index (χ3n) is 4.32. The summed E-state index contributed by atoms with van der Waals surface area (Å²) in [6, 6.07) is 6.20. The number of rotatable bonds is 5. The molecule has 3 rings (SSSR count). The Morgan fingerprint density at radius 3 is 2.19 bits per heavy atom. The number of allylic oxidation sites excluding steroid dienone is 1. The maximum Gasteiger partial charge on any atom is 0.0682 e. The molecular weight excluding hydrogens is 277 g/mol. The molecule has 0 bridgehead atoms. The topological polar surface area (TPSA) is 19.4 Å². The molecule has 0 aliphatic carbocycles. The van der Waals surface area contributed by atoms with E-state index < -0.39 is 0 Å². The van der Waals surface area contributed by atoms with Gasteiger partial charge in [-0.1, -0.05) is 13.0 Å². The van der Waals surface area contributed by atoms with E-state index in [1.165, 1.54) is 51.9 Å². The number of hydrogen-bond donors (Lipinski definition) is 0. The van der Waals surface area contributed by atoms with Crippen LogP contribution in [-0.4, -0.2) is 40.5 Å². The zero-order valence-corrected chi connectivity index (χ0v) is 13.9. The summed E-state index contributed by atoms with van der Waals surface area (Å²) >= 11 is 0. The van der Waals surface area contributed by atoms with Gasteiger partial charge in [0.2, 0.25) is 0 Å². The molecule has 0 amide bonds. The van der Waals surface area contributed by atoms with Gasteiger partial charge in [-0.15, -0.1) is 0 Å². The Kier molecular flexibility index (Phi) is 5.40. The van der Waals surface area contributed by atoms with E-state index in [0.29, 0.717) is 0 Å². The monoisotopic (exact) mass is 303 g/mol. The Balaban J connectivity index is 1.86. The molecule has 0 saturated carbocycles. The average molecular weight is 303 g/mol. The van der Waals surface area contributed by atoms with Gasteiger partial charge in [-0.3, -0.25) is 14.3 Å². The van der Waals surface area contributed by atoms with Gasteiger partial charge in [-0.05, 0) is 55.6 Å². The number of nitrogens with zero attached hydrogens (tertiary/aromatic N) is 3. The number of hydrogen-bond acceptors (Lipinski definition) is 3. The molecule has 3 heterocycles. The Bertz CT molecular complexity index is 446. The minimum absolute atomic E-state index is 0.262. The van der Waals surface area contributed by atoms with E-state index in [1.54, 1.807) is 5.31 Å². The quantitative estimate of drug-likeness (QED) is 0.754. The van der Waals surface area contributed by atoms with Crippen molar-refractivity contribution in [3.8, 4) is 0 Å². The molecule has 0 spiro atoms. The third-order valence-corrected chi connectivity index (χ3v) is 7.15. The molecule has 2 aliphatic rings. The predicted octanol–water partition coefficient (Wildman–Crippen LogP) is 4.34. The summed E-state index contributed by atoms with van der Waals surface area (Å²) < 4.78 is 5.50. The number of pyridine rings is 1. The molecule has 2 fully saturated rings. The summed E-state index contributed by atoms with van der Waals surface area (Å²) in [5.41, 5.74) is 1.11. The SMILES string of the molecule is CCC(=Cc1ccccn1)P(N1CCCC1)N1CCCC1. The summed E-state index contributed by atoms with van der Waals surface area (Å²) in [7, 11) is -0.262. The van der Waals surface area contributed by atoms with Crippen molar-refractivity contribution in [1.29, 1.82) is 0 Å². The van der Waals surface area contributed by atoms with Crippen LogP contribution in [0.5, 0.6) is 0 Å². The van der Waals surface area contributed by atoms with Crippen molar-refractivity contribution >= 4 is 14.3 Å². The fraction of sp³-hybridized carbons (Fsp3) is 0.588. The summed E-state index contributed by atoms with van der Waals surface area (Å²) in [6.07, 6.45) is 10.9. The van der Waals surface area contributed by atoms with Gasteiger partial charge < -0.3 is 0 Å². The molecule has 2 aliphatic heterocycles. The highest BCUT2D eigenvalue weighted by Gasteiger charge is 2.31. The normalized spacial score (nSPS) is 21.5. The highest BCUT2D eigenvalue weighted by atomic mass is 31.1. The van der Waals surface area contributed by atoms with Crippen LogP contribution in [0, 0.1) is 0 Å². The van der Waals surface area contributed by atoms with Gasteiger partial charge in [0.25, 0.3) is 0 Å². The second-order valence-electron chi connectivity index (χ2n) is 5.85. The minimum atomic E-state index is -0.262. The first-order chi connectivity index (χ1) is 10.4. The van der Waals surface area contributed by atoms with Crippen molar-refractivity contribution in [2.24, 2.45) is 0 Å². The highest BCUT2D eigenvalue weighted by Crippen LogP contribution is 2.56. The van der Waals surface area contributed by atoms with Crippen LogP contribution in [0.1, 0.15) is 44.7 Å². The van der Waals surface area contributed by atoms with Gasteiger partial charge in [-0.2, -0.15) is 0 Å². The van der Waals surface area contributed by atoms with Crippen molar-refractivity contribution in [3.05, 3.63) is 35.4 Å². The van der Waals surface area contributed by atoms with Crippen LogP contribution < -0.4 is 0 Å². The Labute approximate surface area is 129 Å². The van der Waals surface area contributed by atoms with Crippen LogP contribution in [0.3, 0.4) is 0 Å². The van der Waals surface area contributed by atoms with E-state index in [4.69, 9.17) is 0 Å². The largest absolute Gasteiger partial charge is 0.266 e. The van der Waals surface area contributed by atoms with Crippen molar-refractivity contribution in [3.63, 3.8) is 0 Å². The van der Waals surface area contributed by atoms with Crippen LogP contribution in [0.2, 0.25) is 0 Å². The summed E-state index contributed by atoms with van der Waals surface area (Å²) in [4.78, 5) is 4.50. The maximum absolute atomic E-state index is 4.50. The smallest absolute Gasteiger partial charge is 0.0682 e. The van der Waals surface area contributed by atoms with E-state index in [1.807, 2.05) is 12.3 Å². The lowest BCUT2D eigenvalue weighted by atomic mass is 10.3. The molecule has 2 saturated heterocycles. The van der Waals surface area contributed by atoms with Crippen molar-refractivity contribution in [1.82, 2.24) is 14.3 Å². The Morgan fingerprint density at radius 2 is 1.71 bits per heavy atom. The Morgan fingerprint density at radius 1 is 1.10 bits per heavy atom. The van der Waals surface area contributed by atoms with Gasteiger partial charge >= 0.3 is 0 Å². The molecule has 1 aromatic heterocycles. The average Bonchev–Trinajstić information content (AvgIpc) is 3.21. The van der Waals surface area contributed by atoms with E-state index in [2.05, 4.69) is 39.5 Å². The minimum Gasteiger partial charge on any atom is -0.266 e. The van der Waals surface area contributed by atoms with E-state index in [9.17, 15) is 0 Å². The molecule has 0 aromatic carbocycles. The third kappa shape index (κ3) is 3.71. The summed E-state index contributed by atoms with van der Waals surface area (Å²) in [5.74, 6) is 0. The second kappa shape index (κ2) is 7.49. The van der Waals surface area contributed by atoms with Gasteiger partial charge in [-0.25, -0.2) is 0 Å². The van der Waals surface area contributed by atoms with Crippen LogP contribution in [0.4, 0.5) is 0 Å². The number of aromatic nitrogens is 1. The van der Waals surface area contributed by atoms with Crippen LogP contribution in [-0.2, 0) is 0 Å². The van der Waals surface area contributed by atoms with Gasteiger partial charge in [0.1, 0.15) is 0 Å². The van der Waals surface area contributed by atoms with Gasteiger partial charge in [0.05, 0.1) is 13.9 Å². The molecule has 114 valence electrons. The highest BCUT2D eigenvalue weighted by molar-refractivity contribution is 7.57. The molecule has 0 radical (unpaired) electrons. The lowest BCUT2D eigenvalue weighted by Gasteiger charge is -2.36. The Hall–Kier alpha value is -0.760. The fourth-order valence-corrected chi connectivity index (χ4v) is 6.19. The molecule has 3 nitrogen and oxygen atoms in total. The lowest BCUT2D eigenvalue weighted by Crippen LogP contribution is -2.25. The second-order valence-corrected chi connectivity index (χ2v) is 8.14. The lowest BCUT2D eigenvalue weighted by molar-refractivity contribution is 0.478.